The number of fused-ring (bicyclic) bond motifs is 4. The SMILES string of the molecule is CC1(c2ccccc2)c2ccccc2-c2c(-c3ccc(N(c4cccc(-c5ccc(-c6ccc7ccccc7c6)cc5)c4)c4ccccc4-c4ccc(-c5ccccc5)cc4)cc3)cccc21. The Balaban J connectivity index is 0.956. The lowest BCUT2D eigenvalue weighted by molar-refractivity contribution is 0.714. The van der Waals surface area contributed by atoms with Crippen LogP contribution < -0.4 is 4.90 Å². The van der Waals surface area contributed by atoms with Gasteiger partial charge in [0.2, 0.25) is 0 Å². The predicted molar refractivity (Wildman–Crippen MR) is 283 cm³/mol. The zero-order valence-corrected chi connectivity index (χ0v) is 37.4. The van der Waals surface area contributed by atoms with E-state index in [0.717, 1.165) is 33.8 Å². The average molecular weight is 854 g/mol. The van der Waals surface area contributed by atoms with Gasteiger partial charge in [-0.25, -0.2) is 0 Å². The average Bonchev–Trinajstić information content (AvgIpc) is 3.68. The van der Waals surface area contributed by atoms with Crippen molar-refractivity contribution in [3.63, 3.8) is 0 Å². The molecule has 0 amide bonds. The summed E-state index contributed by atoms with van der Waals surface area (Å²) in [5.41, 5.74) is 21.6. The van der Waals surface area contributed by atoms with Gasteiger partial charge in [-0.15, -0.1) is 0 Å². The van der Waals surface area contributed by atoms with Gasteiger partial charge in [-0.1, -0.05) is 231 Å². The maximum Gasteiger partial charge on any atom is 0.0540 e. The lowest BCUT2D eigenvalue weighted by Crippen LogP contribution is -2.22. The first-order valence-electron chi connectivity index (χ1n) is 23.2. The summed E-state index contributed by atoms with van der Waals surface area (Å²) in [4.78, 5) is 2.42. The first-order valence-corrected chi connectivity index (χ1v) is 23.2. The fourth-order valence-electron chi connectivity index (χ4n) is 10.5. The third-order valence-corrected chi connectivity index (χ3v) is 14.0. The minimum absolute atomic E-state index is 0.259. The Bertz CT molecular complexity index is 3550. The fourth-order valence-corrected chi connectivity index (χ4v) is 10.5. The van der Waals surface area contributed by atoms with Crippen LogP contribution in [0.15, 0.2) is 267 Å². The molecule has 67 heavy (non-hydrogen) atoms. The number of hydrogen-bond acceptors (Lipinski definition) is 1. The van der Waals surface area contributed by atoms with Crippen LogP contribution in [-0.4, -0.2) is 0 Å². The minimum atomic E-state index is -0.259. The van der Waals surface area contributed by atoms with Crippen LogP contribution >= 0.6 is 0 Å². The summed E-state index contributed by atoms with van der Waals surface area (Å²) in [5, 5.41) is 2.51. The highest BCUT2D eigenvalue weighted by molar-refractivity contribution is 5.95. The van der Waals surface area contributed by atoms with Crippen molar-refractivity contribution in [2.24, 2.45) is 0 Å². The van der Waals surface area contributed by atoms with Gasteiger partial charge in [0.05, 0.1) is 5.69 Å². The number of benzene rings is 11. The molecule has 0 aliphatic heterocycles. The van der Waals surface area contributed by atoms with E-state index in [9.17, 15) is 0 Å². The van der Waals surface area contributed by atoms with Crippen molar-refractivity contribution in [3.05, 3.63) is 284 Å². The van der Waals surface area contributed by atoms with E-state index in [4.69, 9.17) is 0 Å². The van der Waals surface area contributed by atoms with Gasteiger partial charge in [-0.3, -0.25) is 0 Å². The van der Waals surface area contributed by atoms with Crippen LogP contribution in [0.2, 0.25) is 0 Å². The van der Waals surface area contributed by atoms with Crippen LogP contribution in [0.3, 0.4) is 0 Å². The summed E-state index contributed by atoms with van der Waals surface area (Å²) in [7, 11) is 0. The second-order valence-corrected chi connectivity index (χ2v) is 17.8. The summed E-state index contributed by atoms with van der Waals surface area (Å²) in [6, 6.07) is 97.7. The molecule has 0 saturated carbocycles. The summed E-state index contributed by atoms with van der Waals surface area (Å²) in [5.74, 6) is 0. The van der Waals surface area contributed by atoms with E-state index in [-0.39, 0.29) is 5.41 Å². The molecule has 12 rings (SSSR count). The maximum atomic E-state index is 2.42. The molecule has 0 spiro atoms. The lowest BCUT2D eigenvalue weighted by atomic mass is 9.74. The van der Waals surface area contributed by atoms with Crippen molar-refractivity contribution in [1.82, 2.24) is 0 Å². The molecule has 0 heterocycles. The Kier molecular flexibility index (Phi) is 10.0. The van der Waals surface area contributed by atoms with Crippen LogP contribution in [0.1, 0.15) is 23.6 Å². The van der Waals surface area contributed by atoms with Gasteiger partial charge in [0.1, 0.15) is 0 Å². The molecule has 0 bridgehead atoms. The van der Waals surface area contributed by atoms with E-state index in [1.807, 2.05) is 0 Å². The second kappa shape index (κ2) is 16.8. The van der Waals surface area contributed by atoms with Crippen LogP contribution in [0.4, 0.5) is 17.1 Å². The summed E-state index contributed by atoms with van der Waals surface area (Å²) in [6.07, 6.45) is 0. The standard InChI is InChI=1S/C66H47N/c1-66(56-21-6-3-7-22-56)62-27-12-10-25-61(62)65-60(26-15-28-63(65)66)52-40-42-57(43-41-52)67(64-29-13-11-24-59(64)51-37-34-48(35-38-51)46-16-4-2-5-17-46)58-23-14-20-54(45-58)49-30-32-50(33-31-49)55-39-36-47-18-8-9-19-53(47)44-55/h2-45H,1H3. The van der Waals surface area contributed by atoms with E-state index in [0.29, 0.717) is 0 Å². The number of para-hydroxylation sites is 1. The fraction of sp³-hybridized carbons (Fsp3) is 0.0303. The second-order valence-electron chi connectivity index (χ2n) is 17.8. The number of hydrogen-bond donors (Lipinski definition) is 0. The molecule has 1 atom stereocenters. The van der Waals surface area contributed by atoms with Crippen molar-refractivity contribution < 1.29 is 0 Å². The highest BCUT2D eigenvalue weighted by atomic mass is 15.1. The summed E-state index contributed by atoms with van der Waals surface area (Å²) in [6.45, 7) is 2.39. The molecule has 1 nitrogen and oxygen atoms in total. The quantitative estimate of drug-likeness (QED) is 0.140. The third kappa shape index (κ3) is 7.13. The van der Waals surface area contributed by atoms with Crippen molar-refractivity contribution in [2.45, 2.75) is 12.3 Å². The van der Waals surface area contributed by atoms with Crippen LogP contribution in [0, 0.1) is 0 Å². The molecule has 0 aromatic heterocycles. The molecule has 1 aliphatic carbocycles. The Morgan fingerprint density at radius 1 is 0.284 bits per heavy atom. The molecule has 0 saturated heterocycles. The molecule has 1 heteroatoms. The van der Waals surface area contributed by atoms with E-state index >= 15 is 0 Å². The van der Waals surface area contributed by atoms with Crippen molar-refractivity contribution in [3.8, 4) is 66.8 Å². The summed E-state index contributed by atoms with van der Waals surface area (Å²) < 4.78 is 0. The van der Waals surface area contributed by atoms with Gasteiger partial charge < -0.3 is 4.90 Å². The van der Waals surface area contributed by atoms with E-state index in [2.05, 4.69) is 279 Å². The maximum absolute atomic E-state index is 2.42. The Morgan fingerprint density at radius 3 is 1.51 bits per heavy atom. The van der Waals surface area contributed by atoms with Crippen molar-refractivity contribution in [2.75, 3.05) is 4.90 Å². The van der Waals surface area contributed by atoms with Crippen LogP contribution in [0.25, 0.3) is 77.5 Å². The molecule has 11 aromatic carbocycles. The molecular weight excluding hydrogens is 807 g/mol. The monoisotopic (exact) mass is 853 g/mol. The van der Waals surface area contributed by atoms with Gasteiger partial charge >= 0.3 is 0 Å². The van der Waals surface area contributed by atoms with E-state index < -0.39 is 0 Å². The molecule has 0 radical (unpaired) electrons. The van der Waals surface area contributed by atoms with Crippen LogP contribution in [-0.2, 0) is 5.41 Å². The molecule has 0 fully saturated rings. The molecule has 1 aliphatic rings. The number of anilines is 3. The smallest absolute Gasteiger partial charge is 0.0540 e. The topological polar surface area (TPSA) is 3.24 Å². The van der Waals surface area contributed by atoms with Gasteiger partial charge in [0.15, 0.2) is 0 Å². The Morgan fingerprint density at radius 2 is 0.761 bits per heavy atom. The third-order valence-electron chi connectivity index (χ3n) is 14.0. The zero-order chi connectivity index (χ0) is 44.7. The van der Waals surface area contributed by atoms with Gasteiger partial charge in [0, 0.05) is 22.4 Å². The molecule has 1 unspecified atom stereocenters. The summed E-state index contributed by atoms with van der Waals surface area (Å²) >= 11 is 0. The van der Waals surface area contributed by atoms with E-state index in [1.54, 1.807) is 0 Å². The molecule has 11 aromatic rings. The Labute approximate surface area is 393 Å². The normalized spacial score (nSPS) is 13.8. The minimum Gasteiger partial charge on any atom is -0.310 e. The Hall–Kier alpha value is -8.52. The molecular formula is C66H47N. The molecule has 316 valence electrons. The first kappa shape index (κ1) is 40.0. The number of rotatable bonds is 9. The molecule has 0 N–H and O–H groups in total. The number of nitrogens with zero attached hydrogens (tertiary/aromatic N) is 1. The predicted octanol–water partition coefficient (Wildman–Crippen LogP) is 18.0. The van der Waals surface area contributed by atoms with Gasteiger partial charge in [-0.2, -0.15) is 0 Å². The van der Waals surface area contributed by atoms with Crippen molar-refractivity contribution >= 4 is 27.8 Å². The van der Waals surface area contributed by atoms with E-state index in [1.165, 1.54) is 77.5 Å². The highest BCUT2D eigenvalue weighted by Crippen LogP contribution is 2.55. The largest absolute Gasteiger partial charge is 0.310 e. The zero-order valence-electron chi connectivity index (χ0n) is 37.4. The lowest BCUT2D eigenvalue weighted by Gasteiger charge is -2.29. The highest BCUT2D eigenvalue weighted by Gasteiger charge is 2.41. The first-order chi connectivity index (χ1) is 33.1. The van der Waals surface area contributed by atoms with Gasteiger partial charge in [0.25, 0.3) is 0 Å². The van der Waals surface area contributed by atoms with Crippen molar-refractivity contribution in [1.29, 1.82) is 0 Å². The van der Waals surface area contributed by atoms with Gasteiger partial charge in [-0.05, 0) is 132 Å². The van der Waals surface area contributed by atoms with Crippen LogP contribution in [0.5, 0.6) is 0 Å².